The van der Waals surface area contributed by atoms with Crippen LogP contribution in [0.2, 0.25) is 0 Å². The van der Waals surface area contributed by atoms with Crippen LogP contribution in [0.3, 0.4) is 0 Å². The molecule has 0 aromatic heterocycles. The average molecular weight is 317 g/mol. The van der Waals surface area contributed by atoms with Gasteiger partial charge < -0.3 is 9.84 Å². The number of aromatic carboxylic acids is 1. The third-order valence-corrected chi connectivity index (χ3v) is 4.94. The van der Waals surface area contributed by atoms with E-state index in [-0.39, 0.29) is 12.2 Å². The molecule has 0 spiro atoms. The van der Waals surface area contributed by atoms with Crippen LogP contribution in [0, 0.1) is 5.82 Å². The van der Waals surface area contributed by atoms with E-state index in [1.54, 1.807) is 6.92 Å². The third kappa shape index (κ3) is 3.58. The molecule has 1 aliphatic heterocycles. The molecule has 1 fully saturated rings. The first-order valence-electron chi connectivity index (χ1n) is 6.38. The molecule has 1 aromatic rings. The predicted molar refractivity (Wildman–Crippen MR) is 72.1 cm³/mol. The molecule has 0 radical (unpaired) electrons. The Morgan fingerprint density at radius 1 is 1.48 bits per heavy atom. The molecule has 0 amide bonds. The Hall–Kier alpha value is -1.51. The highest BCUT2D eigenvalue weighted by Gasteiger charge is 2.34. The van der Waals surface area contributed by atoms with Gasteiger partial charge in [-0.25, -0.2) is 22.3 Å². The highest BCUT2D eigenvalue weighted by Crippen LogP contribution is 2.23. The summed E-state index contributed by atoms with van der Waals surface area (Å²) in [6, 6.07) is 2.66. The summed E-state index contributed by atoms with van der Waals surface area (Å²) in [5, 5.41) is 8.88. The molecule has 8 heteroatoms. The van der Waals surface area contributed by atoms with Gasteiger partial charge in [0.15, 0.2) is 0 Å². The summed E-state index contributed by atoms with van der Waals surface area (Å²) in [6.45, 7) is 2.41. The molecule has 6 nitrogen and oxygen atoms in total. The van der Waals surface area contributed by atoms with Gasteiger partial charge in [-0.3, -0.25) is 0 Å². The largest absolute Gasteiger partial charge is 0.478 e. The van der Waals surface area contributed by atoms with Crippen LogP contribution in [0.4, 0.5) is 4.39 Å². The molecular formula is C13H16FNO5S. The van der Waals surface area contributed by atoms with Gasteiger partial charge in [-0.15, -0.1) is 0 Å². The van der Waals surface area contributed by atoms with Crippen LogP contribution in [-0.4, -0.2) is 38.2 Å². The van der Waals surface area contributed by atoms with Crippen molar-refractivity contribution in [1.29, 1.82) is 0 Å². The van der Waals surface area contributed by atoms with Gasteiger partial charge in [0.2, 0.25) is 10.0 Å². The zero-order valence-corrected chi connectivity index (χ0v) is 12.2. The van der Waals surface area contributed by atoms with Crippen molar-refractivity contribution >= 4 is 16.0 Å². The molecule has 21 heavy (non-hydrogen) atoms. The van der Waals surface area contributed by atoms with Crippen molar-refractivity contribution in [2.75, 3.05) is 13.2 Å². The van der Waals surface area contributed by atoms with Crippen molar-refractivity contribution in [1.82, 2.24) is 4.72 Å². The lowest BCUT2D eigenvalue weighted by molar-refractivity contribution is 0.0386. The van der Waals surface area contributed by atoms with Gasteiger partial charge in [0.1, 0.15) is 10.7 Å². The first-order chi connectivity index (χ1) is 9.73. The molecular weight excluding hydrogens is 301 g/mol. The van der Waals surface area contributed by atoms with E-state index in [1.807, 2.05) is 0 Å². The van der Waals surface area contributed by atoms with Crippen molar-refractivity contribution < 1.29 is 27.4 Å². The van der Waals surface area contributed by atoms with E-state index in [1.165, 1.54) is 0 Å². The molecule has 1 atom stereocenters. The number of nitrogens with one attached hydrogen (secondary N) is 1. The zero-order chi connectivity index (χ0) is 15.7. The van der Waals surface area contributed by atoms with E-state index in [0.717, 1.165) is 18.2 Å². The van der Waals surface area contributed by atoms with Gasteiger partial charge >= 0.3 is 5.97 Å². The second kappa shape index (κ2) is 5.70. The van der Waals surface area contributed by atoms with Crippen LogP contribution in [0.15, 0.2) is 23.1 Å². The van der Waals surface area contributed by atoms with Gasteiger partial charge in [0.05, 0.1) is 17.7 Å². The second-order valence-electron chi connectivity index (χ2n) is 5.27. The Morgan fingerprint density at radius 3 is 2.76 bits per heavy atom. The fraction of sp³-hybridized carbons (Fsp3) is 0.462. The lowest BCUT2D eigenvalue weighted by Gasteiger charge is -2.33. The van der Waals surface area contributed by atoms with Gasteiger partial charge in [0.25, 0.3) is 0 Å². The van der Waals surface area contributed by atoms with Crippen LogP contribution in [0.5, 0.6) is 0 Å². The topological polar surface area (TPSA) is 92.7 Å². The minimum absolute atomic E-state index is 0.187. The summed E-state index contributed by atoms with van der Waals surface area (Å²) in [7, 11) is -4.17. The Balaban J connectivity index is 2.35. The quantitative estimate of drug-likeness (QED) is 0.875. The van der Waals surface area contributed by atoms with Crippen LogP contribution >= 0.6 is 0 Å². The number of sulfonamides is 1. The zero-order valence-electron chi connectivity index (χ0n) is 11.4. The van der Waals surface area contributed by atoms with E-state index >= 15 is 0 Å². The summed E-state index contributed by atoms with van der Waals surface area (Å²) in [5.41, 5.74) is -1.12. The molecule has 1 heterocycles. The fourth-order valence-electron chi connectivity index (χ4n) is 2.24. The van der Waals surface area contributed by atoms with Gasteiger partial charge in [-0.2, -0.15) is 0 Å². The SMILES string of the molecule is CC1(NS(=O)(=O)c2cc(C(=O)O)ccc2F)CCCOC1. The number of ether oxygens (including phenoxy) is 1. The lowest BCUT2D eigenvalue weighted by Crippen LogP contribution is -2.51. The van der Waals surface area contributed by atoms with Crippen LogP contribution in [-0.2, 0) is 14.8 Å². The molecule has 1 unspecified atom stereocenters. The van der Waals surface area contributed by atoms with E-state index in [2.05, 4.69) is 4.72 Å². The van der Waals surface area contributed by atoms with Gasteiger partial charge in [0, 0.05) is 6.61 Å². The maximum Gasteiger partial charge on any atom is 0.335 e. The predicted octanol–water partition coefficient (Wildman–Crippen LogP) is 1.37. The molecule has 0 aliphatic carbocycles. The first kappa shape index (κ1) is 15.9. The summed E-state index contributed by atoms with van der Waals surface area (Å²) < 4.78 is 46.0. The number of carboxylic acids is 1. The normalized spacial score (nSPS) is 23.0. The number of halogens is 1. The molecule has 116 valence electrons. The highest BCUT2D eigenvalue weighted by molar-refractivity contribution is 7.89. The minimum atomic E-state index is -4.17. The monoisotopic (exact) mass is 317 g/mol. The van der Waals surface area contributed by atoms with Crippen molar-refractivity contribution in [3.05, 3.63) is 29.6 Å². The van der Waals surface area contributed by atoms with E-state index in [0.29, 0.717) is 19.4 Å². The highest BCUT2D eigenvalue weighted by atomic mass is 32.2. The average Bonchev–Trinajstić information content (AvgIpc) is 2.38. The Labute approximate surface area is 122 Å². The Kier molecular flexibility index (Phi) is 4.31. The molecule has 1 aliphatic rings. The Bertz CT molecular complexity index is 653. The smallest absolute Gasteiger partial charge is 0.335 e. The first-order valence-corrected chi connectivity index (χ1v) is 7.86. The van der Waals surface area contributed by atoms with Crippen molar-refractivity contribution in [2.24, 2.45) is 0 Å². The lowest BCUT2D eigenvalue weighted by atomic mass is 9.97. The molecule has 2 rings (SSSR count). The number of benzene rings is 1. The number of carboxylic acid groups (broad SMARTS) is 1. The van der Waals surface area contributed by atoms with Crippen molar-refractivity contribution in [3.8, 4) is 0 Å². The molecule has 0 saturated carbocycles. The molecule has 0 bridgehead atoms. The van der Waals surface area contributed by atoms with E-state index < -0.39 is 32.2 Å². The summed E-state index contributed by atoms with van der Waals surface area (Å²) in [4.78, 5) is 10.2. The standard InChI is InChI=1S/C13H16FNO5S/c1-13(5-2-6-20-8-13)15-21(18,19)11-7-9(12(16)17)3-4-10(11)14/h3-4,7,15H,2,5-6,8H2,1H3,(H,16,17). The summed E-state index contributed by atoms with van der Waals surface area (Å²) >= 11 is 0. The summed E-state index contributed by atoms with van der Waals surface area (Å²) in [6.07, 6.45) is 1.25. The number of hydrogen-bond acceptors (Lipinski definition) is 4. The third-order valence-electron chi connectivity index (χ3n) is 3.29. The number of hydrogen-bond donors (Lipinski definition) is 2. The summed E-state index contributed by atoms with van der Waals surface area (Å²) in [5.74, 6) is -2.31. The molecule has 1 aromatic carbocycles. The molecule has 2 N–H and O–H groups in total. The Morgan fingerprint density at radius 2 is 2.19 bits per heavy atom. The van der Waals surface area contributed by atoms with Gasteiger partial charge in [-0.1, -0.05) is 0 Å². The van der Waals surface area contributed by atoms with Crippen LogP contribution in [0.25, 0.3) is 0 Å². The van der Waals surface area contributed by atoms with Crippen molar-refractivity contribution in [3.63, 3.8) is 0 Å². The second-order valence-corrected chi connectivity index (χ2v) is 6.92. The number of carbonyl (C=O) groups is 1. The maximum absolute atomic E-state index is 13.8. The van der Waals surface area contributed by atoms with E-state index in [4.69, 9.17) is 9.84 Å². The van der Waals surface area contributed by atoms with Crippen LogP contribution in [0.1, 0.15) is 30.1 Å². The molecule has 1 saturated heterocycles. The van der Waals surface area contributed by atoms with Crippen LogP contribution < -0.4 is 4.72 Å². The minimum Gasteiger partial charge on any atom is -0.478 e. The maximum atomic E-state index is 13.8. The fourth-order valence-corrected chi connectivity index (χ4v) is 3.76. The van der Waals surface area contributed by atoms with E-state index in [9.17, 15) is 17.6 Å². The van der Waals surface area contributed by atoms with Crippen molar-refractivity contribution in [2.45, 2.75) is 30.2 Å². The number of rotatable bonds is 4. The van der Waals surface area contributed by atoms with Gasteiger partial charge in [-0.05, 0) is 38.0 Å².